The average molecular weight is 185 g/mol. The molecule has 0 heterocycles. The first kappa shape index (κ1) is 8.98. The van der Waals surface area contributed by atoms with Crippen LogP contribution in [0.1, 0.15) is 11.1 Å². The van der Waals surface area contributed by atoms with Gasteiger partial charge in [0.2, 0.25) is 0 Å². The Morgan fingerprint density at radius 1 is 1.58 bits per heavy atom. The van der Waals surface area contributed by atoms with E-state index in [1.54, 1.807) is 0 Å². The first-order valence-electron chi connectivity index (χ1n) is 3.27. The molecule has 0 aliphatic heterocycles. The lowest BCUT2D eigenvalue weighted by Crippen LogP contribution is -2.02. The Morgan fingerprint density at radius 3 is 2.75 bits per heavy atom. The van der Waals surface area contributed by atoms with Crippen molar-refractivity contribution in [1.29, 1.82) is 5.26 Å². The van der Waals surface area contributed by atoms with Gasteiger partial charge in [0, 0.05) is 17.1 Å². The Hall–Kier alpha value is -1.11. The van der Waals surface area contributed by atoms with Gasteiger partial charge in [-0.05, 0) is 12.1 Å². The molecule has 1 aromatic carbocycles. The predicted molar refractivity (Wildman–Crippen MR) is 44.0 cm³/mol. The summed E-state index contributed by atoms with van der Waals surface area (Å²) >= 11 is 5.53. The molecule has 1 rings (SSSR count). The monoisotopic (exact) mass is 184 g/mol. The normalized spacial score (nSPS) is 9.50. The van der Waals surface area contributed by atoms with Crippen molar-refractivity contribution in [2.75, 3.05) is 0 Å². The van der Waals surface area contributed by atoms with E-state index in [9.17, 15) is 4.39 Å². The topological polar surface area (TPSA) is 49.8 Å². The van der Waals surface area contributed by atoms with E-state index in [0.717, 1.165) is 6.07 Å². The van der Waals surface area contributed by atoms with Crippen LogP contribution in [0.2, 0.25) is 5.02 Å². The number of hydrogen-bond donors (Lipinski definition) is 1. The highest BCUT2D eigenvalue weighted by atomic mass is 35.5. The number of benzene rings is 1. The summed E-state index contributed by atoms with van der Waals surface area (Å²) in [4.78, 5) is 0. The number of halogens is 2. The Bertz CT molecular complexity index is 344. The van der Waals surface area contributed by atoms with Crippen LogP contribution in [-0.2, 0) is 6.54 Å². The maximum Gasteiger partial charge on any atom is 0.130 e. The fraction of sp³-hybridized carbons (Fsp3) is 0.125. The van der Waals surface area contributed by atoms with Crippen LogP contribution < -0.4 is 5.73 Å². The minimum atomic E-state index is -0.526. The molecule has 1 aromatic rings. The Labute approximate surface area is 74.4 Å². The highest BCUT2D eigenvalue weighted by Gasteiger charge is 2.07. The van der Waals surface area contributed by atoms with Crippen molar-refractivity contribution in [1.82, 2.24) is 0 Å². The molecule has 4 heteroatoms. The standard InChI is InChI=1S/C8H6ClFN2/c9-6-1-5(3-11)7(4-12)8(10)2-6/h1-2H,4,12H2. The van der Waals surface area contributed by atoms with Gasteiger partial charge in [0.05, 0.1) is 11.6 Å². The number of nitriles is 1. The zero-order chi connectivity index (χ0) is 9.14. The van der Waals surface area contributed by atoms with E-state index >= 15 is 0 Å². The quantitative estimate of drug-likeness (QED) is 0.724. The van der Waals surface area contributed by atoms with Gasteiger partial charge in [-0.15, -0.1) is 0 Å². The van der Waals surface area contributed by atoms with Crippen LogP contribution in [0.4, 0.5) is 4.39 Å². The zero-order valence-corrected chi connectivity index (χ0v) is 6.90. The van der Waals surface area contributed by atoms with Crippen molar-refractivity contribution in [3.05, 3.63) is 34.1 Å². The van der Waals surface area contributed by atoms with Crippen molar-refractivity contribution < 1.29 is 4.39 Å². The van der Waals surface area contributed by atoms with E-state index in [1.807, 2.05) is 6.07 Å². The van der Waals surface area contributed by atoms with E-state index in [2.05, 4.69) is 0 Å². The first-order valence-corrected chi connectivity index (χ1v) is 3.65. The lowest BCUT2D eigenvalue weighted by atomic mass is 10.1. The number of rotatable bonds is 1. The lowest BCUT2D eigenvalue weighted by Gasteiger charge is -2.02. The first-order chi connectivity index (χ1) is 5.69. The third kappa shape index (κ3) is 1.55. The van der Waals surface area contributed by atoms with Crippen LogP contribution in [0, 0.1) is 17.1 Å². The molecule has 0 bridgehead atoms. The van der Waals surface area contributed by atoms with E-state index in [0.29, 0.717) is 0 Å². The summed E-state index contributed by atoms with van der Waals surface area (Å²) in [7, 11) is 0. The third-order valence-corrected chi connectivity index (χ3v) is 1.70. The molecule has 0 fully saturated rings. The second-order valence-electron chi connectivity index (χ2n) is 2.23. The molecular formula is C8H6ClFN2. The van der Waals surface area contributed by atoms with E-state index in [1.165, 1.54) is 6.07 Å². The molecule has 0 spiro atoms. The molecule has 2 nitrogen and oxygen atoms in total. The molecular weight excluding hydrogens is 179 g/mol. The molecule has 0 unspecified atom stereocenters. The summed E-state index contributed by atoms with van der Waals surface area (Å²) in [6.07, 6.45) is 0. The summed E-state index contributed by atoms with van der Waals surface area (Å²) in [5.41, 5.74) is 5.65. The van der Waals surface area contributed by atoms with Gasteiger partial charge in [-0.1, -0.05) is 11.6 Å². The second-order valence-corrected chi connectivity index (χ2v) is 2.67. The molecule has 2 N–H and O–H groups in total. The van der Waals surface area contributed by atoms with Gasteiger partial charge in [0.25, 0.3) is 0 Å². The zero-order valence-electron chi connectivity index (χ0n) is 6.14. The molecule has 0 amide bonds. The number of nitrogens with zero attached hydrogens (tertiary/aromatic N) is 1. The highest BCUT2D eigenvalue weighted by molar-refractivity contribution is 6.30. The van der Waals surface area contributed by atoms with Crippen molar-refractivity contribution in [3.63, 3.8) is 0 Å². The molecule has 12 heavy (non-hydrogen) atoms. The summed E-state index contributed by atoms with van der Waals surface area (Å²) in [5, 5.41) is 8.78. The van der Waals surface area contributed by atoms with Crippen molar-refractivity contribution in [2.45, 2.75) is 6.54 Å². The Balaban J connectivity index is 3.36. The molecule has 0 saturated carbocycles. The van der Waals surface area contributed by atoms with Gasteiger partial charge >= 0.3 is 0 Å². The van der Waals surface area contributed by atoms with Crippen LogP contribution in [0.25, 0.3) is 0 Å². The average Bonchev–Trinajstić information content (AvgIpc) is 2.03. The van der Waals surface area contributed by atoms with Crippen LogP contribution >= 0.6 is 11.6 Å². The fourth-order valence-electron chi connectivity index (χ4n) is 0.911. The van der Waals surface area contributed by atoms with E-state index in [4.69, 9.17) is 22.6 Å². The Morgan fingerprint density at radius 2 is 2.25 bits per heavy atom. The van der Waals surface area contributed by atoms with Crippen LogP contribution in [0.15, 0.2) is 12.1 Å². The summed E-state index contributed by atoms with van der Waals surface area (Å²) in [5.74, 6) is -0.526. The van der Waals surface area contributed by atoms with Gasteiger partial charge in [-0.25, -0.2) is 4.39 Å². The van der Waals surface area contributed by atoms with Crippen molar-refractivity contribution >= 4 is 11.6 Å². The smallest absolute Gasteiger partial charge is 0.130 e. The van der Waals surface area contributed by atoms with E-state index in [-0.39, 0.29) is 22.7 Å². The SMILES string of the molecule is N#Cc1cc(Cl)cc(F)c1CN. The van der Waals surface area contributed by atoms with Gasteiger partial charge in [-0.3, -0.25) is 0 Å². The van der Waals surface area contributed by atoms with Gasteiger partial charge in [-0.2, -0.15) is 5.26 Å². The third-order valence-electron chi connectivity index (χ3n) is 1.48. The number of hydrogen-bond acceptors (Lipinski definition) is 2. The van der Waals surface area contributed by atoms with Gasteiger partial charge < -0.3 is 5.73 Å². The molecule has 0 aromatic heterocycles. The van der Waals surface area contributed by atoms with Crippen LogP contribution in [-0.4, -0.2) is 0 Å². The largest absolute Gasteiger partial charge is 0.326 e. The second kappa shape index (κ2) is 3.53. The number of nitrogens with two attached hydrogens (primary N) is 1. The summed E-state index contributed by atoms with van der Waals surface area (Å²) in [6.45, 7) is 0.00585. The van der Waals surface area contributed by atoms with E-state index < -0.39 is 5.82 Å². The molecule has 0 atom stereocenters. The predicted octanol–water partition coefficient (Wildman–Crippen LogP) is 1.81. The molecule has 62 valence electrons. The molecule has 0 aliphatic rings. The fourth-order valence-corrected chi connectivity index (χ4v) is 1.12. The minimum absolute atomic E-state index is 0.00585. The highest BCUT2D eigenvalue weighted by Crippen LogP contribution is 2.18. The molecule has 0 aliphatic carbocycles. The van der Waals surface area contributed by atoms with Crippen molar-refractivity contribution in [2.24, 2.45) is 5.73 Å². The van der Waals surface area contributed by atoms with Gasteiger partial charge in [0.15, 0.2) is 0 Å². The summed E-state index contributed by atoms with van der Waals surface area (Å²) < 4.78 is 13.0. The molecule has 0 radical (unpaired) electrons. The summed E-state index contributed by atoms with van der Waals surface area (Å²) in [6, 6.07) is 4.36. The maximum atomic E-state index is 13.0. The Kier molecular flexibility index (Phi) is 2.64. The lowest BCUT2D eigenvalue weighted by molar-refractivity contribution is 0.610. The van der Waals surface area contributed by atoms with Crippen molar-refractivity contribution in [3.8, 4) is 6.07 Å². The minimum Gasteiger partial charge on any atom is -0.326 e. The maximum absolute atomic E-state index is 13.0. The van der Waals surface area contributed by atoms with Crippen LogP contribution in [0.5, 0.6) is 0 Å². The molecule has 0 saturated heterocycles. The van der Waals surface area contributed by atoms with Gasteiger partial charge in [0.1, 0.15) is 5.82 Å². The van der Waals surface area contributed by atoms with Crippen LogP contribution in [0.3, 0.4) is 0 Å².